The van der Waals surface area contributed by atoms with Gasteiger partial charge >= 0.3 is 0 Å². The molecular weight excluding hydrogens is 202 g/mol. The normalized spacial score (nSPS) is 24.7. The summed E-state index contributed by atoms with van der Waals surface area (Å²) in [5.74, 6) is 1.11. The van der Waals surface area contributed by atoms with E-state index in [1.54, 1.807) is 6.20 Å². The van der Waals surface area contributed by atoms with Crippen LogP contribution < -0.4 is 10.5 Å². The first-order valence-corrected chi connectivity index (χ1v) is 5.87. The summed E-state index contributed by atoms with van der Waals surface area (Å²) in [5.41, 5.74) is 7.60. The Morgan fingerprint density at radius 3 is 2.88 bits per heavy atom. The zero-order valence-corrected chi connectivity index (χ0v) is 9.94. The minimum Gasteiger partial charge on any atom is -0.473 e. The highest BCUT2D eigenvalue weighted by atomic mass is 16.5. The van der Waals surface area contributed by atoms with Gasteiger partial charge in [-0.15, -0.1) is 0 Å². The number of hydrogen-bond donors (Lipinski definition) is 1. The molecule has 1 saturated carbocycles. The highest BCUT2D eigenvalue weighted by Gasteiger charge is 2.28. The predicted molar refractivity (Wildman–Crippen MR) is 62.3 cm³/mol. The van der Waals surface area contributed by atoms with Crippen LogP contribution in [-0.2, 0) is 0 Å². The fourth-order valence-electron chi connectivity index (χ4n) is 2.16. The lowest BCUT2D eigenvalue weighted by Gasteiger charge is -2.19. The predicted octanol–water partition coefficient (Wildman–Crippen LogP) is 1.60. The molecule has 16 heavy (non-hydrogen) atoms. The van der Waals surface area contributed by atoms with Gasteiger partial charge in [0.25, 0.3) is 0 Å². The van der Waals surface area contributed by atoms with E-state index >= 15 is 0 Å². The number of ether oxygens (including phenoxy) is 1. The molecule has 0 radical (unpaired) electrons. The van der Waals surface area contributed by atoms with Crippen molar-refractivity contribution in [1.82, 2.24) is 9.97 Å². The Labute approximate surface area is 96.2 Å². The van der Waals surface area contributed by atoms with Gasteiger partial charge in [0, 0.05) is 5.92 Å². The highest BCUT2D eigenvalue weighted by molar-refractivity contribution is 5.14. The lowest BCUT2D eigenvalue weighted by atomic mass is 10.1. The molecule has 1 aromatic heterocycles. The molecule has 2 atom stereocenters. The fourth-order valence-corrected chi connectivity index (χ4v) is 2.16. The molecule has 2 rings (SSSR count). The van der Waals surface area contributed by atoms with Crippen molar-refractivity contribution >= 4 is 0 Å². The summed E-state index contributed by atoms with van der Waals surface area (Å²) in [6, 6.07) is 0. The molecule has 1 aliphatic carbocycles. The molecule has 0 spiro atoms. The molecule has 4 heteroatoms. The number of aromatic nitrogens is 2. The van der Waals surface area contributed by atoms with E-state index in [2.05, 4.69) is 9.97 Å². The molecule has 1 aliphatic rings. The van der Waals surface area contributed by atoms with Gasteiger partial charge in [-0.2, -0.15) is 0 Å². The molecule has 1 heterocycles. The van der Waals surface area contributed by atoms with Crippen LogP contribution in [0.3, 0.4) is 0 Å². The van der Waals surface area contributed by atoms with E-state index in [-0.39, 0.29) is 6.10 Å². The maximum Gasteiger partial charge on any atom is 0.232 e. The summed E-state index contributed by atoms with van der Waals surface area (Å²) in [6.07, 6.45) is 5.37. The monoisotopic (exact) mass is 221 g/mol. The molecule has 0 aromatic carbocycles. The molecule has 0 aliphatic heterocycles. The first kappa shape index (κ1) is 11.3. The molecular formula is C12H19N3O. The molecule has 2 N–H and O–H groups in total. The quantitative estimate of drug-likeness (QED) is 0.842. The molecule has 4 nitrogen and oxygen atoms in total. The summed E-state index contributed by atoms with van der Waals surface area (Å²) < 4.78 is 5.86. The fraction of sp³-hybridized carbons (Fsp3) is 0.667. The van der Waals surface area contributed by atoms with Gasteiger partial charge in [-0.3, -0.25) is 4.98 Å². The Morgan fingerprint density at radius 2 is 2.19 bits per heavy atom. The minimum atomic E-state index is 0.224. The molecule has 1 fully saturated rings. The maximum absolute atomic E-state index is 5.86. The summed E-state index contributed by atoms with van der Waals surface area (Å²) >= 11 is 0. The van der Waals surface area contributed by atoms with Crippen molar-refractivity contribution in [2.75, 3.05) is 6.54 Å². The van der Waals surface area contributed by atoms with Gasteiger partial charge in [-0.1, -0.05) is 0 Å². The first-order chi connectivity index (χ1) is 7.70. The topological polar surface area (TPSA) is 61.0 Å². The molecule has 1 aromatic rings. The van der Waals surface area contributed by atoms with Crippen molar-refractivity contribution in [3.05, 3.63) is 17.6 Å². The lowest BCUT2D eigenvalue weighted by molar-refractivity contribution is 0.154. The van der Waals surface area contributed by atoms with E-state index in [1.165, 1.54) is 12.8 Å². The third-order valence-electron chi connectivity index (χ3n) is 3.33. The van der Waals surface area contributed by atoms with E-state index in [4.69, 9.17) is 10.5 Å². The van der Waals surface area contributed by atoms with Gasteiger partial charge < -0.3 is 10.5 Å². The first-order valence-electron chi connectivity index (χ1n) is 5.87. The summed E-state index contributed by atoms with van der Waals surface area (Å²) in [7, 11) is 0. The van der Waals surface area contributed by atoms with E-state index in [0.717, 1.165) is 17.8 Å². The Kier molecular flexibility index (Phi) is 3.39. The van der Waals surface area contributed by atoms with Crippen LogP contribution in [0.25, 0.3) is 0 Å². The largest absolute Gasteiger partial charge is 0.473 e. The Morgan fingerprint density at radius 1 is 1.38 bits per heavy atom. The van der Waals surface area contributed by atoms with Crippen LogP contribution in [-0.4, -0.2) is 22.6 Å². The smallest absolute Gasteiger partial charge is 0.232 e. The van der Waals surface area contributed by atoms with E-state index in [0.29, 0.717) is 18.3 Å². The third kappa shape index (κ3) is 2.32. The molecule has 88 valence electrons. The lowest BCUT2D eigenvalue weighted by Crippen LogP contribution is -2.28. The van der Waals surface area contributed by atoms with Gasteiger partial charge in [-0.25, -0.2) is 4.98 Å². The van der Waals surface area contributed by atoms with Crippen molar-refractivity contribution in [3.8, 4) is 5.88 Å². The van der Waals surface area contributed by atoms with Crippen LogP contribution in [0.2, 0.25) is 0 Å². The molecule has 0 amide bonds. The van der Waals surface area contributed by atoms with Crippen molar-refractivity contribution in [2.45, 2.75) is 39.2 Å². The van der Waals surface area contributed by atoms with Crippen molar-refractivity contribution in [2.24, 2.45) is 11.7 Å². The van der Waals surface area contributed by atoms with Gasteiger partial charge in [-0.05, 0) is 39.7 Å². The SMILES string of the molecule is Cc1ncc(OC2CCCC2CN)nc1C. The summed E-state index contributed by atoms with van der Waals surface area (Å²) in [4.78, 5) is 8.63. The maximum atomic E-state index is 5.86. The van der Waals surface area contributed by atoms with Crippen molar-refractivity contribution < 1.29 is 4.74 Å². The zero-order valence-electron chi connectivity index (χ0n) is 9.94. The molecule has 0 bridgehead atoms. The van der Waals surface area contributed by atoms with E-state index in [9.17, 15) is 0 Å². The Hall–Kier alpha value is -1.16. The van der Waals surface area contributed by atoms with Crippen LogP contribution in [0.5, 0.6) is 5.88 Å². The number of nitrogens with two attached hydrogens (primary N) is 1. The van der Waals surface area contributed by atoms with Gasteiger partial charge in [0.1, 0.15) is 6.10 Å². The van der Waals surface area contributed by atoms with Crippen LogP contribution in [0.1, 0.15) is 30.7 Å². The van der Waals surface area contributed by atoms with Crippen molar-refractivity contribution in [3.63, 3.8) is 0 Å². The van der Waals surface area contributed by atoms with Crippen LogP contribution >= 0.6 is 0 Å². The number of aryl methyl sites for hydroxylation is 2. The second-order valence-corrected chi connectivity index (χ2v) is 4.46. The van der Waals surface area contributed by atoms with Gasteiger partial charge in [0.05, 0.1) is 17.6 Å². The average Bonchev–Trinajstić information content (AvgIpc) is 2.71. The van der Waals surface area contributed by atoms with E-state index in [1.807, 2.05) is 13.8 Å². The molecule has 0 saturated heterocycles. The average molecular weight is 221 g/mol. The van der Waals surface area contributed by atoms with E-state index < -0.39 is 0 Å². The minimum absolute atomic E-state index is 0.224. The highest BCUT2D eigenvalue weighted by Crippen LogP contribution is 2.28. The van der Waals surface area contributed by atoms with Gasteiger partial charge in [0.2, 0.25) is 5.88 Å². The number of nitrogens with zero attached hydrogens (tertiary/aromatic N) is 2. The number of rotatable bonds is 3. The van der Waals surface area contributed by atoms with Crippen LogP contribution in [0, 0.1) is 19.8 Å². The van der Waals surface area contributed by atoms with Gasteiger partial charge in [0.15, 0.2) is 0 Å². The summed E-state index contributed by atoms with van der Waals surface area (Å²) in [5, 5.41) is 0. The van der Waals surface area contributed by atoms with Crippen LogP contribution in [0.15, 0.2) is 6.20 Å². The van der Waals surface area contributed by atoms with Crippen molar-refractivity contribution in [1.29, 1.82) is 0 Å². The summed E-state index contributed by atoms with van der Waals surface area (Å²) in [6.45, 7) is 4.59. The Bertz CT molecular complexity index is 367. The third-order valence-corrected chi connectivity index (χ3v) is 3.33. The standard InChI is InChI=1S/C12H19N3O/c1-8-9(2)15-12(7-14-8)16-11-5-3-4-10(11)6-13/h7,10-11H,3-6,13H2,1-2H3. The van der Waals surface area contributed by atoms with Crippen LogP contribution in [0.4, 0.5) is 0 Å². The zero-order chi connectivity index (χ0) is 11.5. The second-order valence-electron chi connectivity index (χ2n) is 4.46. The molecule has 2 unspecified atom stereocenters. The second kappa shape index (κ2) is 4.78. The Balaban J connectivity index is 2.05. The number of hydrogen-bond acceptors (Lipinski definition) is 4.